The van der Waals surface area contributed by atoms with Crippen LogP contribution in [0.5, 0.6) is 5.88 Å². The van der Waals surface area contributed by atoms with Gasteiger partial charge in [0.2, 0.25) is 5.88 Å². The lowest BCUT2D eigenvalue weighted by Gasteiger charge is -2.35. The fourth-order valence-corrected chi connectivity index (χ4v) is 6.43. The third-order valence-electron chi connectivity index (χ3n) is 7.76. The van der Waals surface area contributed by atoms with Crippen LogP contribution in [-0.4, -0.2) is 74.4 Å². The number of halogens is 1. The number of anilines is 1. The molecule has 1 N–H and O–H groups in total. The summed E-state index contributed by atoms with van der Waals surface area (Å²) in [5.41, 5.74) is 2.79. The molecule has 42 heavy (non-hydrogen) atoms. The Morgan fingerprint density at radius 2 is 1.90 bits per heavy atom. The van der Waals surface area contributed by atoms with E-state index in [4.69, 9.17) is 31.0 Å². The molecule has 5 heterocycles. The first-order valence-corrected chi connectivity index (χ1v) is 15.1. The van der Waals surface area contributed by atoms with Crippen molar-refractivity contribution >= 4 is 56.0 Å². The minimum atomic E-state index is -0.938. The standard InChI is InChI=1S/C30H29ClN6O4S/c31-20-5-7-25-23(15-20)33-29(42-25)18-41-28-3-1-2-26(34-28)36-11-9-35(10-12-36)17-27-32-22-6-4-19(30(38)39)14-24(22)37(27)16-21-8-13-40-21/h1-7,14-15,21H,8-13,16-18H2,(H,38,39)/t21-/m0/s1. The summed E-state index contributed by atoms with van der Waals surface area (Å²) in [7, 11) is 0. The molecule has 2 saturated heterocycles. The zero-order chi connectivity index (χ0) is 28.6. The Morgan fingerprint density at radius 3 is 2.69 bits per heavy atom. The largest absolute Gasteiger partial charge is 0.478 e. The molecule has 0 saturated carbocycles. The average Bonchev–Trinajstić information content (AvgIpc) is 3.53. The molecule has 216 valence electrons. The number of imidazole rings is 1. The Labute approximate surface area is 251 Å². The first-order valence-electron chi connectivity index (χ1n) is 13.9. The molecule has 7 rings (SSSR count). The SMILES string of the molecule is O=C(O)c1ccc2nc(CN3CCN(c4cccc(OCc5nc6cc(Cl)ccc6s5)n4)CC3)n(C[C@@H]3CCO3)c2c1. The number of hydrogen-bond acceptors (Lipinski definition) is 9. The number of piperazine rings is 1. The Balaban J connectivity index is 1.000. The summed E-state index contributed by atoms with van der Waals surface area (Å²) >= 11 is 7.69. The van der Waals surface area contributed by atoms with E-state index < -0.39 is 5.97 Å². The van der Waals surface area contributed by atoms with Gasteiger partial charge >= 0.3 is 5.97 Å². The number of carbonyl (C=O) groups is 1. The quantitative estimate of drug-likeness (QED) is 0.246. The third kappa shape index (κ3) is 5.65. The van der Waals surface area contributed by atoms with E-state index in [-0.39, 0.29) is 11.7 Å². The Hall–Kier alpha value is -3.77. The van der Waals surface area contributed by atoms with Gasteiger partial charge in [-0.15, -0.1) is 11.3 Å². The second kappa shape index (κ2) is 11.5. The van der Waals surface area contributed by atoms with Crippen LogP contribution in [0, 0.1) is 0 Å². The van der Waals surface area contributed by atoms with Crippen molar-refractivity contribution in [1.82, 2.24) is 24.4 Å². The highest BCUT2D eigenvalue weighted by atomic mass is 35.5. The molecule has 10 nitrogen and oxygen atoms in total. The lowest BCUT2D eigenvalue weighted by molar-refractivity contribution is -0.0592. The molecule has 2 fully saturated rings. The van der Waals surface area contributed by atoms with Crippen LogP contribution in [0.1, 0.15) is 27.6 Å². The highest BCUT2D eigenvalue weighted by Crippen LogP contribution is 2.27. The second-order valence-electron chi connectivity index (χ2n) is 10.5. The van der Waals surface area contributed by atoms with E-state index in [0.29, 0.717) is 30.6 Å². The van der Waals surface area contributed by atoms with Crippen molar-refractivity contribution in [1.29, 1.82) is 0 Å². The maximum atomic E-state index is 11.6. The molecule has 0 spiro atoms. The summed E-state index contributed by atoms with van der Waals surface area (Å²) in [6, 6.07) is 16.7. The van der Waals surface area contributed by atoms with E-state index in [1.54, 1.807) is 29.5 Å². The monoisotopic (exact) mass is 604 g/mol. The van der Waals surface area contributed by atoms with Crippen molar-refractivity contribution in [2.75, 3.05) is 37.7 Å². The summed E-state index contributed by atoms with van der Waals surface area (Å²) in [6.45, 7) is 5.83. The van der Waals surface area contributed by atoms with Crippen molar-refractivity contribution in [3.8, 4) is 5.88 Å². The van der Waals surface area contributed by atoms with Gasteiger partial charge in [0.05, 0.1) is 46.0 Å². The summed E-state index contributed by atoms with van der Waals surface area (Å²) < 4.78 is 14.9. The lowest BCUT2D eigenvalue weighted by atomic mass is 10.1. The molecule has 2 aliphatic heterocycles. The zero-order valence-corrected chi connectivity index (χ0v) is 24.4. The van der Waals surface area contributed by atoms with Crippen LogP contribution in [0.4, 0.5) is 5.82 Å². The number of thiazole rings is 1. The maximum Gasteiger partial charge on any atom is 0.335 e. The molecular weight excluding hydrogens is 576 g/mol. The van der Waals surface area contributed by atoms with Crippen LogP contribution >= 0.6 is 22.9 Å². The van der Waals surface area contributed by atoms with Gasteiger partial charge in [0, 0.05) is 43.9 Å². The zero-order valence-electron chi connectivity index (χ0n) is 22.8. The number of pyridine rings is 1. The summed E-state index contributed by atoms with van der Waals surface area (Å²) in [5.74, 6) is 1.45. The molecule has 0 bridgehead atoms. The topological polar surface area (TPSA) is 106 Å². The van der Waals surface area contributed by atoms with Gasteiger partial charge in [-0.05, 0) is 48.9 Å². The number of hydrogen-bond donors (Lipinski definition) is 1. The van der Waals surface area contributed by atoms with E-state index in [1.807, 2.05) is 36.4 Å². The van der Waals surface area contributed by atoms with E-state index in [0.717, 1.165) is 77.1 Å². The predicted octanol–water partition coefficient (Wildman–Crippen LogP) is 5.08. The molecule has 3 aromatic heterocycles. The second-order valence-corrected chi connectivity index (χ2v) is 12.1. The third-order valence-corrected chi connectivity index (χ3v) is 9.01. The molecular formula is C30H29ClN6O4S. The van der Waals surface area contributed by atoms with Crippen LogP contribution in [0.3, 0.4) is 0 Å². The normalized spacial score (nSPS) is 17.5. The minimum Gasteiger partial charge on any atom is -0.478 e. The van der Waals surface area contributed by atoms with Gasteiger partial charge in [0.15, 0.2) is 0 Å². The number of rotatable bonds is 9. The van der Waals surface area contributed by atoms with Crippen molar-refractivity contribution in [2.24, 2.45) is 0 Å². The molecule has 0 aliphatic carbocycles. The van der Waals surface area contributed by atoms with E-state index in [2.05, 4.69) is 19.4 Å². The summed E-state index contributed by atoms with van der Waals surface area (Å²) in [5, 5.41) is 11.1. The molecule has 0 amide bonds. The fraction of sp³-hybridized carbons (Fsp3) is 0.333. The Morgan fingerprint density at radius 1 is 1.05 bits per heavy atom. The first-order chi connectivity index (χ1) is 20.5. The molecule has 5 aromatic rings. The van der Waals surface area contributed by atoms with Gasteiger partial charge in [-0.3, -0.25) is 4.90 Å². The Kier molecular flexibility index (Phi) is 7.41. The van der Waals surface area contributed by atoms with Gasteiger partial charge in [0.1, 0.15) is 23.3 Å². The van der Waals surface area contributed by atoms with Gasteiger partial charge in [-0.1, -0.05) is 17.7 Å². The molecule has 0 unspecified atom stereocenters. The Bertz CT molecular complexity index is 1760. The van der Waals surface area contributed by atoms with E-state index >= 15 is 0 Å². The number of fused-ring (bicyclic) bond motifs is 2. The lowest BCUT2D eigenvalue weighted by Crippen LogP contribution is -2.46. The molecule has 12 heteroatoms. The summed E-state index contributed by atoms with van der Waals surface area (Å²) in [6.07, 6.45) is 1.14. The van der Waals surface area contributed by atoms with Crippen LogP contribution < -0.4 is 9.64 Å². The predicted molar refractivity (Wildman–Crippen MR) is 162 cm³/mol. The molecule has 1 atom stereocenters. The highest BCUT2D eigenvalue weighted by Gasteiger charge is 2.25. The van der Waals surface area contributed by atoms with Crippen molar-refractivity contribution < 1.29 is 19.4 Å². The van der Waals surface area contributed by atoms with Gasteiger partial charge in [-0.2, -0.15) is 4.98 Å². The van der Waals surface area contributed by atoms with Gasteiger partial charge < -0.3 is 24.0 Å². The number of aromatic nitrogens is 4. The average molecular weight is 605 g/mol. The van der Waals surface area contributed by atoms with Crippen LogP contribution in [0.25, 0.3) is 21.3 Å². The van der Waals surface area contributed by atoms with E-state index in [1.165, 1.54) is 0 Å². The molecule has 0 radical (unpaired) electrons. The highest BCUT2D eigenvalue weighted by molar-refractivity contribution is 7.18. The summed E-state index contributed by atoms with van der Waals surface area (Å²) in [4.78, 5) is 30.5. The van der Waals surface area contributed by atoms with Crippen LogP contribution in [-0.2, 0) is 24.4 Å². The molecule has 2 aliphatic rings. The van der Waals surface area contributed by atoms with Crippen LogP contribution in [0.15, 0.2) is 54.6 Å². The number of aromatic carboxylic acids is 1. The van der Waals surface area contributed by atoms with Gasteiger partial charge in [0.25, 0.3) is 0 Å². The number of carboxylic acid groups (broad SMARTS) is 1. The van der Waals surface area contributed by atoms with Crippen LogP contribution in [0.2, 0.25) is 5.02 Å². The minimum absolute atomic E-state index is 0.139. The number of carboxylic acids is 1. The number of benzene rings is 2. The van der Waals surface area contributed by atoms with Gasteiger partial charge in [-0.25, -0.2) is 14.8 Å². The van der Waals surface area contributed by atoms with Crippen molar-refractivity contribution in [2.45, 2.75) is 32.2 Å². The number of nitrogens with zero attached hydrogens (tertiary/aromatic N) is 6. The number of ether oxygens (including phenoxy) is 2. The first kappa shape index (κ1) is 27.1. The van der Waals surface area contributed by atoms with E-state index in [9.17, 15) is 9.90 Å². The fourth-order valence-electron chi connectivity index (χ4n) is 5.40. The maximum absolute atomic E-state index is 11.6. The van der Waals surface area contributed by atoms with Crippen molar-refractivity contribution in [3.63, 3.8) is 0 Å². The molecule has 2 aromatic carbocycles. The van der Waals surface area contributed by atoms with Crippen molar-refractivity contribution in [3.05, 3.63) is 76.0 Å². The smallest absolute Gasteiger partial charge is 0.335 e.